The maximum atomic E-state index is 6.02. The van der Waals surface area contributed by atoms with Crippen LogP contribution >= 0.6 is 0 Å². The molecule has 0 amide bonds. The van der Waals surface area contributed by atoms with Gasteiger partial charge in [-0.3, -0.25) is 4.99 Å². The normalized spacial score (nSPS) is 12.9. The maximum Gasteiger partial charge on any atom is 0.191 e. The molecule has 24 heavy (non-hydrogen) atoms. The second-order valence-electron chi connectivity index (χ2n) is 7.85. The van der Waals surface area contributed by atoms with Crippen LogP contribution < -0.4 is 20.7 Å². The molecule has 1 aromatic rings. The Balaban J connectivity index is 2.52. The minimum Gasteiger partial charge on any atom is -0.488 e. The van der Waals surface area contributed by atoms with Crippen molar-refractivity contribution in [3.05, 3.63) is 29.8 Å². The summed E-state index contributed by atoms with van der Waals surface area (Å²) >= 11 is 0. The van der Waals surface area contributed by atoms with Gasteiger partial charge in [0.1, 0.15) is 11.4 Å². The lowest BCUT2D eigenvalue weighted by Gasteiger charge is -2.24. The molecule has 1 rings (SSSR count). The van der Waals surface area contributed by atoms with Crippen molar-refractivity contribution in [1.29, 1.82) is 0 Å². The summed E-state index contributed by atoms with van der Waals surface area (Å²) in [6, 6.07) is 8.10. The summed E-state index contributed by atoms with van der Waals surface area (Å²) in [5, 5.41) is 10.1. The Hall–Kier alpha value is -1.75. The fraction of sp³-hybridized carbons (Fsp3) is 0.632. The molecule has 0 atom stereocenters. The van der Waals surface area contributed by atoms with Gasteiger partial charge in [-0.25, -0.2) is 0 Å². The standard InChI is InChI=1S/C19H34N4O/c1-18(2,3)23-13-12-21-17(20-7)22-14-15-10-8-9-11-16(15)24-19(4,5)6/h8-11,23H,12-14H2,1-7H3,(H2,20,21,22). The Morgan fingerprint density at radius 3 is 2.25 bits per heavy atom. The van der Waals surface area contributed by atoms with Gasteiger partial charge in [0.2, 0.25) is 0 Å². The molecule has 0 aromatic heterocycles. The van der Waals surface area contributed by atoms with Gasteiger partial charge in [-0.2, -0.15) is 0 Å². The van der Waals surface area contributed by atoms with Gasteiger partial charge in [0.15, 0.2) is 5.96 Å². The molecular weight excluding hydrogens is 300 g/mol. The second kappa shape index (κ2) is 8.92. The number of nitrogens with one attached hydrogen (secondary N) is 3. The molecule has 1 aromatic carbocycles. The van der Waals surface area contributed by atoms with Gasteiger partial charge >= 0.3 is 0 Å². The average Bonchev–Trinajstić information content (AvgIpc) is 2.45. The lowest BCUT2D eigenvalue weighted by Crippen LogP contribution is -2.44. The molecule has 5 nitrogen and oxygen atoms in total. The topological polar surface area (TPSA) is 57.7 Å². The Kier molecular flexibility index (Phi) is 7.55. The van der Waals surface area contributed by atoms with Crippen LogP contribution in [0.4, 0.5) is 0 Å². The van der Waals surface area contributed by atoms with E-state index < -0.39 is 0 Å². The van der Waals surface area contributed by atoms with Crippen molar-refractivity contribution in [3.63, 3.8) is 0 Å². The van der Waals surface area contributed by atoms with Gasteiger partial charge < -0.3 is 20.7 Å². The highest BCUT2D eigenvalue weighted by molar-refractivity contribution is 5.79. The van der Waals surface area contributed by atoms with Gasteiger partial charge in [0.05, 0.1) is 0 Å². The van der Waals surface area contributed by atoms with E-state index in [1.807, 2.05) is 18.2 Å². The van der Waals surface area contributed by atoms with Crippen LogP contribution in [0, 0.1) is 0 Å². The molecule has 136 valence electrons. The largest absolute Gasteiger partial charge is 0.488 e. The van der Waals surface area contributed by atoms with E-state index >= 15 is 0 Å². The third-order valence-corrected chi connectivity index (χ3v) is 3.13. The highest BCUT2D eigenvalue weighted by atomic mass is 16.5. The minimum absolute atomic E-state index is 0.127. The molecule has 0 radical (unpaired) electrons. The van der Waals surface area contributed by atoms with E-state index in [2.05, 4.69) is 68.6 Å². The zero-order chi connectivity index (χ0) is 18.2. The average molecular weight is 335 g/mol. The van der Waals surface area contributed by atoms with Crippen LogP contribution in [-0.4, -0.2) is 37.2 Å². The van der Waals surface area contributed by atoms with E-state index in [1.165, 1.54) is 0 Å². The van der Waals surface area contributed by atoms with Crippen LogP contribution in [0.3, 0.4) is 0 Å². The van der Waals surface area contributed by atoms with Crippen molar-refractivity contribution in [3.8, 4) is 5.75 Å². The van der Waals surface area contributed by atoms with Crippen LogP contribution in [-0.2, 0) is 6.54 Å². The number of aliphatic imine (C=N–C) groups is 1. The van der Waals surface area contributed by atoms with Crippen LogP contribution in [0.1, 0.15) is 47.1 Å². The first kappa shape index (κ1) is 20.3. The number of hydrogen-bond acceptors (Lipinski definition) is 3. The molecular formula is C19H34N4O. The first-order valence-corrected chi connectivity index (χ1v) is 8.57. The molecule has 0 bridgehead atoms. The first-order valence-electron chi connectivity index (χ1n) is 8.57. The number of nitrogens with zero attached hydrogens (tertiary/aromatic N) is 1. The molecule has 0 fully saturated rings. The summed E-state index contributed by atoms with van der Waals surface area (Å²) in [6.45, 7) is 15.0. The molecule has 0 aliphatic carbocycles. The van der Waals surface area contributed by atoms with Crippen molar-refractivity contribution >= 4 is 5.96 Å². The van der Waals surface area contributed by atoms with Crippen molar-refractivity contribution in [2.45, 2.75) is 59.2 Å². The summed E-state index contributed by atoms with van der Waals surface area (Å²) in [6.07, 6.45) is 0. The van der Waals surface area contributed by atoms with E-state index in [0.29, 0.717) is 6.54 Å². The summed E-state index contributed by atoms with van der Waals surface area (Å²) in [5.74, 6) is 1.69. The summed E-state index contributed by atoms with van der Waals surface area (Å²) in [7, 11) is 1.78. The van der Waals surface area contributed by atoms with Gasteiger partial charge in [-0.1, -0.05) is 18.2 Å². The van der Waals surface area contributed by atoms with E-state index in [1.54, 1.807) is 7.05 Å². The number of para-hydroxylation sites is 1. The predicted molar refractivity (Wildman–Crippen MR) is 103 cm³/mol. The molecule has 0 saturated heterocycles. The smallest absolute Gasteiger partial charge is 0.191 e. The molecule has 0 heterocycles. The van der Waals surface area contributed by atoms with Gasteiger partial charge in [0, 0.05) is 37.8 Å². The Bertz CT molecular complexity index is 527. The minimum atomic E-state index is -0.214. The van der Waals surface area contributed by atoms with E-state index in [0.717, 1.165) is 30.4 Å². The quantitative estimate of drug-likeness (QED) is 0.425. The third-order valence-electron chi connectivity index (χ3n) is 3.13. The lowest BCUT2D eigenvalue weighted by molar-refractivity contribution is 0.129. The van der Waals surface area contributed by atoms with Gasteiger partial charge in [0.25, 0.3) is 0 Å². The zero-order valence-corrected chi connectivity index (χ0v) is 16.3. The molecule has 0 aliphatic heterocycles. The van der Waals surface area contributed by atoms with E-state index in [-0.39, 0.29) is 11.1 Å². The SMILES string of the molecule is CN=C(NCCNC(C)(C)C)NCc1ccccc1OC(C)(C)C. The van der Waals surface area contributed by atoms with Gasteiger partial charge in [-0.05, 0) is 47.6 Å². The molecule has 0 spiro atoms. The van der Waals surface area contributed by atoms with Crippen molar-refractivity contribution < 1.29 is 4.74 Å². The Morgan fingerprint density at radius 2 is 1.67 bits per heavy atom. The Labute approximate surface area is 147 Å². The summed E-state index contributed by atoms with van der Waals surface area (Å²) < 4.78 is 6.02. The number of benzene rings is 1. The molecule has 3 N–H and O–H groups in total. The summed E-state index contributed by atoms with van der Waals surface area (Å²) in [4.78, 5) is 4.27. The molecule has 0 aliphatic rings. The van der Waals surface area contributed by atoms with E-state index in [4.69, 9.17) is 4.74 Å². The molecule has 0 unspecified atom stereocenters. The second-order valence-corrected chi connectivity index (χ2v) is 7.85. The van der Waals surface area contributed by atoms with Crippen molar-refractivity contribution in [2.75, 3.05) is 20.1 Å². The fourth-order valence-electron chi connectivity index (χ4n) is 2.10. The van der Waals surface area contributed by atoms with Gasteiger partial charge in [-0.15, -0.1) is 0 Å². The lowest BCUT2D eigenvalue weighted by atomic mass is 10.1. The fourth-order valence-corrected chi connectivity index (χ4v) is 2.10. The molecule has 0 saturated carbocycles. The van der Waals surface area contributed by atoms with Crippen LogP contribution in [0.15, 0.2) is 29.3 Å². The highest BCUT2D eigenvalue weighted by Gasteiger charge is 2.14. The third kappa shape index (κ3) is 8.77. The van der Waals surface area contributed by atoms with E-state index in [9.17, 15) is 0 Å². The highest BCUT2D eigenvalue weighted by Crippen LogP contribution is 2.22. The number of ether oxygens (including phenoxy) is 1. The zero-order valence-electron chi connectivity index (χ0n) is 16.3. The number of guanidine groups is 1. The number of rotatable bonds is 6. The van der Waals surface area contributed by atoms with Crippen LogP contribution in [0.5, 0.6) is 5.75 Å². The monoisotopic (exact) mass is 334 g/mol. The molecule has 5 heteroatoms. The first-order chi connectivity index (χ1) is 11.1. The number of hydrogen-bond donors (Lipinski definition) is 3. The summed E-state index contributed by atoms with van der Waals surface area (Å²) in [5.41, 5.74) is 1.03. The van der Waals surface area contributed by atoms with Crippen molar-refractivity contribution in [1.82, 2.24) is 16.0 Å². The van der Waals surface area contributed by atoms with Crippen LogP contribution in [0.2, 0.25) is 0 Å². The van der Waals surface area contributed by atoms with Crippen LogP contribution in [0.25, 0.3) is 0 Å². The predicted octanol–water partition coefficient (Wildman–Crippen LogP) is 2.92. The Morgan fingerprint density at radius 1 is 1.00 bits per heavy atom. The van der Waals surface area contributed by atoms with Crippen molar-refractivity contribution in [2.24, 2.45) is 4.99 Å². The maximum absolute atomic E-state index is 6.02.